The third kappa shape index (κ3) is 2.14. The number of fused-ring (bicyclic) bond motifs is 1. The predicted molar refractivity (Wildman–Crippen MR) is 85.7 cm³/mol. The lowest BCUT2D eigenvalue weighted by Gasteiger charge is -2.14. The van der Waals surface area contributed by atoms with Gasteiger partial charge in [0.2, 0.25) is 0 Å². The van der Waals surface area contributed by atoms with Crippen LogP contribution in [0.1, 0.15) is 25.5 Å². The van der Waals surface area contributed by atoms with Gasteiger partial charge in [0.05, 0.1) is 16.9 Å². The largest absolute Gasteiger partial charge is 0.397 e. The van der Waals surface area contributed by atoms with Gasteiger partial charge in [0, 0.05) is 10.9 Å². The van der Waals surface area contributed by atoms with E-state index in [1.807, 2.05) is 18.2 Å². The minimum absolute atomic E-state index is 0.356. The normalized spacial score (nSPS) is 11.2. The van der Waals surface area contributed by atoms with E-state index in [0.717, 1.165) is 22.3 Å². The minimum Gasteiger partial charge on any atom is -0.397 e. The van der Waals surface area contributed by atoms with Crippen LogP contribution in [-0.4, -0.2) is 4.98 Å². The highest BCUT2D eigenvalue weighted by atomic mass is 14.7. The van der Waals surface area contributed by atoms with Crippen LogP contribution >= 0.6 is 0 Å². The predicted octanol–water partition coefficient (Wildman–Crippen LogP) is 4.61. The summed E-state index contributed by atoms with van der Waals surface area (Å²) in [6.45, 7) is 4.33. The van der Waals surface area contributed by atoms with Crippen LogP contribution in [0.15, 0.2) is 54.6 Å². The van der Waals surface area contributed by atoms with E-state index in [2.05, 4.69) is 50.2 Å². The van der Waals surface area contributed by atoms with Crippen LogP contribution in [0.4, 0.5) is 5.69 Å². The first-order valence-electron chi connectivity index (χ1n) is 6.91. The second-order valence-electron chi connectivity index (χ2n) is 5.36. The van der Waals surface area contributed by atoms with Crippen molar-refractivity contribution in [2.24, 2.45) is 0 Å². The topological polar surface area (TPSA) is 38.9 Å². The third-order valence-corrected chi connectivity index (χ3v) is 3.54. The monoisotopic (exact) mass is 262 g/mol. The molecule has 1 heterocycles. The maximum atomic E-state index is 6.05. The number of rotatable bonds is 2. The number of hydrogen-bond acceptors (Lipinski definition) is 2. The Morgan fingerprint density at radius 2 is 1.70 bits per heavy atom. The first-order valence-corrected chi connectivity index (χ1v) is 6.91. The van der Waals surface area contributed by atoms with Crippen molar-refractivity contribution < 1.29 is 0 Å². The highest BCUT2D eigenvalue weighted by Crippen LogP contribution is 2.32. The Kier molecular flexibility index (Phi) is 3.15. The molecule has 1 aromatic heterocycles. The summed E-state index contributed by atoms with van der Waals surface area (Å²) in [6.07, 6.45) is 0. The number of aromatic nitrogens is 1. The molecule has 0 bridgehead atoms. The molecule has 2 heteroatoms. The van der Waals surface area contributed by atoms with Crippen LogP contribution in [-0.2, 0) is 0 Å². The molecular formula is C18H18N2. The number of hydrogen-bond donors (Lipinski definition) is 1. The van der Waals surface area contributed by atoms with Crippen LogP contribution in [0.3, 0.4) is 0 Å². The second kappa shape index (κ2) is 4.97. The SMILES string of the molecule is CC(C)c1nc2c(N)cccc2cc1-c1ccccc1. The van der Waals surface area contributed by atoms with Crippen LogP contribution in [0, 0.1) is 0 Å². The van der Waals surface area contributed by atoms with Crippen molar-refractivity contribution in [3.63, 3.8) is 0 Å². The molecule has 3 rings (SSSR count). The number of nitrogens with two attached hydrogens (primary N) is 1. The summed E-state index contributed by atoms with van der Waals surface area (Å²) in [7, 11) is 0. The molecule has 0 unspecified atom stereocenters. The Hall–Kier alpha value is -2.35. The maximum Gasteiger partial charge on any atom is 0.0935 e. The van der Waals surface area contributed by atoms with Crippen LogP contribution in [0.2, 0.25) is 0 Å². The molecule has 0 aliphatic rings. The fraction of sp³-hybridized carbons (Fsp3) is 0.167. The molecule has 0 radical (unpaired) electrons. The summed E-state index contributed by atoms with van der Waals surface area (Å²) in [6, 6.07) is 18.5. The van der Waals surface area contributed by atoms with Crippen molar-refractivity contribution in [1.82, 2.24) is 4.98 Å². The van der Waals surface area contributed by atoms with Gasteiger partial charge >= 0.3 is 0 Å². The maximum absolute atomic E-state index is 6.05. The summed E-state index contributed by atoms with van der Waals surface area (Å²) in [5, 5.41) is 1.09. The van der Waals surface area contributed by atoms with Crippen LogP contribution in [0.25, 0.3) is 22.0 Å². The van der Waals surface area contributed by atoms with Crippen LogP contribution in [0.5, 0.6) is 0 Å². The van der Waals surface area contributed by atoms with Gasteiger partial charge < -0.3 is 5.73 Å². The van der Waals surface area contributed by atoms with E-state index < -0.39 is 0 Å². The van der Waals surface area contributed by atoms with Gasteiger partial charge in [0.25, 0.3) is 0 Å². The number of benzene rings is 2. The van der Waals surface area contributed by atoms with Gasteiger partial charge in [0.15, 0.2) is 0 Å². The van der Waals surface area contributed by atoms with Crippen molar-refractivity contribution in [2.45, 2.75) is 19.8 Å². The molecule has 0 aliphatic carbocycles. The second-order valence-corrected chi connectivity index (χ2v) is 5.36. The zero-order valence-corrected chi connectivity index (χ0v) is 11.8. The molecule has 0 aliphatic heterocycles. The lowest BCUT2D eigenvalue weighted by molar-refractivity contribution is 0.833. The van der Waals surface area contributed by atoms with Crippen molar-refractivity contribution in [2.75, 3.05) is 5.73 Å². The van der Waals surface area contributed by atoms with E-state index in [-0.39, 0.29) is 0 Å². The molecule has 20 heavy (non-hydrogen) atoms. The summed E-state index contributed by atoms with van der Waals surface area (Å²) in [5.41, 5.74) is 11.2. The van der Waals surface area contributed by atoms with Gasteiger partial charge in [-0.15, -0.1) is 0 Å². The summed E-state index contributed by atoms with van der Waals surface area (Å²) >= 11 is 0. The molecule has 100 valence electrons. The quantitative estimate of drug-likeness (QED) is 0.685. The Morgan fingerprint density at radius 1 is 0.950 bits per heavy atom. The molecule has 0 fully saturated rings. The van der Waals surface area contributed by atoms with E-state index >= 15 is 0 Å². The molecule has 2 aromatic carbocycles. The zero-order valence-electron chi connectivity index (χ0n) is 11.8. The van der Waals surface area contributed by atoms with E-state index in [0.29, 0.717) is 5.92 Å². The molecule has 2 nitrogen and oxygen atoms in total. The first-order chi connectivity index (χ1) is 9.66. The average molecular weight is 262 g/mol. The highest BCUT2D eigenvalue weighted by molar-refractivity contribution is 5.92. The van der Waals surface area contributed by atoms with E-state index in [9.17, 15) is 0 Å². The average Bonchev–Trinajstić information content (AvgIpc) is 2.47. The minimum atomic E-state index is 0.356. The van der Waals surface area contributed by atoms with E-state index in [4.69, 9.17) is 10.7 Å². The Labute approximate surface area is 119 Å². The molecular weight excluding hydrogens is 244 g/mol. The highest BCUT2D eigenvalue weighted by Gasteiger charge is 2.13. The number of pyridine rings is 1. The first kappa shape index (κ1) is 12.7. The molecule has 2 N–H and O–H groups in total. The fourth-order valence-electron chi connectivity index (χ4n) is 2.52. The Bertz CT molecular complexity index is 746. The summed E-state index contributed by atoms with van der Waals surface area (Å²) in [4.78, 5) is 4.83. The van der Waals surface area contributed by atoms with Crippen molar-refractivity contribution in [1.29, 1.82) is 0 Å². The fourth-order valence-corrected chi connectivity index (χ4v) is 2.52. The van der Waals surface area contributed by atoms with Gasteiger partial charge in [-0.05, 0) is 23.6 Å². The Morgan fingerprint density at radius 3 is 2.40 bits per heavy atom. The third-order valence-electron chi connectivity index (χ3n) is 3.54. The number of nitrogens with zero attached hydrogens (tertiary/aromatic N) is 1. The summed E-state index contributed by atoms with van der Waals surface area (Å²) < 4.78 is 0. The number of para-hydroxylation sites is 1. The van der Waals surface area contributed by atoms with E-state index in [1.54, 1.807) is 0 Å². The lowest BCUT2D eigenvalue weighted by atomic mass is 9.96. The number of anilines is 1. The smallest absolute Gasteiger partial charge is 0.0935 e. The molecule has 3 aromatic rings. The Balaban J connectivity index is 2.33. The molecule has 0 saturated heterocycles. The van der Waals surface area contributed by atoms with Gasteiger partial charge in [-0.2, -0.15) is 0 Å². The van der Waals surface area contributed by atoms with Gasteiger partial charge in [-0.1, -0.05) is 56.3 Å². The van der Waals surface area contributed by atoms with Gasteiger partial charge in [-0.25, -0.2) is 4.98 Å². The van der Waals surface area contributed by atoms with Crippen molar-refractivity contribution in [3.05, 3.63) is 60.3 Å². The lowest BCUT2D eigenvalue weighted by Crippen LogP contribution is -1.99. The van der Waals surface area contributed by atoms with E-state index in [1.165, 1.54) is 11.1 Å². The molecule has 0 spiro atoms. The van der Waals surface area contributed by atoms with Gasteiger partial charge in [0.1, 0.15) is 0 Å². The molecule has 0 amide bonds. The zero-order chi connectivity index (χ0) is 14.1. The number of nitrogen functional groups attached to an aromatic ring is 1. The standard InChI is InChI=1S/C18H18N2/c1-12(2)17-15(13-7-4-3-5-8-13)11-14-9-6-10-16(19)18(14)20-17/h3-12H,19H2,1-2H3. The van der Waals surface area contributed by atoms with Crippen molar-refractivity contribution >= 4 is 16.6 Å². The summed E-state index contributed by atoms with van der Waals surface area (Å²) in [5.74, 6) is 0.356. The molecule has 0 atom stereocenters. The van der Waals surface area contributed by atoms with Crippen molar-refractivity contribution in [3.8, 4) is 11.1 Å². The molecule has 0 saturated carbocycles. The van der Waals surface area contributed by atoms with Crippen LogP contribution < -0.4 is 5.73 Å². The van der Waals surface area contributed by atoms with Gasteiger partial charge in [-0.3, -0.25) is 0 Å².